The van der Waals surface area contributed by atoms with Gasteiger partial charge in [0.2, 0.25) is 0 Å². The van der Waals surface area contributed by atoms with Gasteiger partial charge in [0, 0.05) is 12.1 Å². The lowest BCUT2D eigenvalue weighted by Crippen LogP contribution is -2.26. The average Bonchev–Trinajstić information content (AvgIpc) is 2.56. The molecular weight excluding hydrogens is 329 g/mol. The van der Waals surface area contributed by atoms with Gasteiger partial charge in [0.15, 0.2) is 9.84 Å². The maximum absolute atomic E-state index is 13.5. The highest BCUT2D eigenvalue weighted by atomic mass is 32.2. The van der Waals surface area contributed by atoms with Gasteiger partial charge in [-0.25, -0.2) is 12.8 Å². The summed E-state index contributed by atoms with van der Waals surface area (Å²) in [5, 5.41) is 2.18. The van der Waals surface area contributed by atoms with Crippen molar-refractivity contribution in [3.63, 3.8) is 0 Å². The molecule has 0 fully saturated rings. The van der Waals surface area contributed by atoms with Crippen LogP contribution >= 0.6 is 0 Å². The molecule has 0 aliphatic rings. The molecule has 0 unspecified atom stereocenters. The van der Waals surface area contributed by atoms with E-state index in [-0.39, 0.29) is 16.6 Å². The first-order chi connectivity index (χ1) is 11.3. The Bertz CT molecular complexity index is 814. The van der Waals surface area contributed by atoms with E-state index in [1.807, 2.05) is 0 Å². The van der Waals surface area contributed by atoms with Crippen LogP contribution in [0.25, 0.3) is 0 Å². The van der Waals surface area contributed by atoms with Crippen LogP contribution in [-0.4, -0.2) is 26.1 Å². The molecule has 0 heterocycles. The Labute approximate surface area is 141 Å². The predicted octanol–water partition coefficient (Wildman–Crippen LogP) is 2.98. The lowest BCUT2D eigenvalue weighted by Gasteiger charge is -2.09. The van der Waals surface area contributed by atoms with Crippen LogP contribution in [0.4, 0.5) is 4.39 Å². The fraction of sp³-hybridized carbons (Fsp3) is 0.278. The maximum Gasteiger partial charge on any atom is 0.251 e. The first kappa shape index (κ1) is 18.1. The minimum Gasteiger partial charge on any atom is -0.352 e. The quantitative estimate of drug-likeness (QED) is 0.872. The molecule has 2 rings (SSSR count). The highest BCUT2D eigenvalue weighted by Crippen LogP contribution is 2.16. The fourth-order valence-electron chi connectivity index (χ4n) is 2.18. The predicted molar refractivity (Wildman–Crippen MR) is 91.2 cm³/mol. The van der Waals surface area contributed by atoms with E-state index in [0.717, 1.165) is 0 Å². The summed E-state index contributed by atoms with van der Waals surface area (Å²) in [5.74, 6) is -0.616. The molecule has 1 N–H and O–H groups in total. The second-order valence-electron chi connectivity index (χ2n) is 5.72. The first-order valence-corrected chi connectivity index (χ1v) is 9.22. The van der Waals surface area contributed by atoms with E-state index in [1.54, 1.807) is 32.0 Å². The van der Waals surface area contributed by atoms with E-state index < -0.39 is 15.1 Å². The highest BCUT2D eigenvalue weighted by Gasteiger charge is 2.19. The summed E-state index contributed by atoms with van der Waals surface area (Å²) < 4.78 is 37.6. The highest BCUT2D eigenvalue weighted by molar-refractivity contribution is 7.92. The Balaban J connectivity index is 1.97. The van der Waals surface area contributed by atoms with Gasteiger partial charge in [-0.1, -0.05) is 18.2 Å². The van der Waals surface area contributed by atoms with E-state index in [1.165, 1.54) is 30.3 Å². The SMILES string of the molecule is CC(C)S(=O)(=O)c1ccc(C(=O)NCCc2ccccc2F)cc1. The third-order valence-corrected chi connectivity index (χ3v) is 5.87. The van der Waals surface area contributed by atoms with Crippen LogP contribution in [0.15, 0.2) is 53.4 Å². The van der Waals surface area contributed by atoms with Gasteiger partial charge < -0.3 is 5.32 Å². The van der Waals surface area contributed by atoms with Gasteiger partial charge in [-0.3, -0.25) is 4.79 Å². The van der Waals surface area contributed by atoms with Gasteiger partial charge in [-0.05, 0) is 56.2 Å². The number of amides is 1. The van der Waals surface area contributed by atoms with Gasteiger partial charge in [-0.15, -0.1) is 0 Å². The normalized spacial score (nSPS) is 11.5. The second-order valence-corrected chi connectivity index (χ2v) is 8.22. The van der Waals surface area contributed by atoms with E-state index in [0.29, 0.717) is 24.1 Å². The van der Waals surface area contributed by atoms with Crippen molar-refractivity contribution in [2.24, 2.45) is 0 Å². The lowest BCUT2D eigenvalue weighted by molar-refractivity contribution is 0.0954. The molecule has 0 saturated heterocycles. The molecule has 2 aromatic rings. The summed E-state index contributed by atoms with van der Waals surface area (Å²) in [5.41, 5.74) is 0.905. The van der Waals surface area contributed by atoms with E-state index in [4.69, 9.17) is 0 Å². The number of carbonyl (C=O) groups is 1. The van der Waals surface area contributed by atoms with Crippen molar-refractivity contribution < 1.29 is 17.6 Å². The van der Waals surface area contributed by atoms with Crippen molar-refractivity contribution in [3.8, 4) is 0 Å². The van der Waals surface area contributed by atoms with E-state index >= 15 is 0 Å². The molecular formula is C18H20FNO3S. The Hall–Kier alpha value is -2.21. The smallest absolute Gasteiger partial charge is 0.251 e. The molecule has 0 bridgehead atoms. The van der Waals surface area contributed by atoms with Gasteiger partial charge in [-0.2, -0.15) is 0 Å². The zero-order valence-electron chi connectivity index (χ0n) is 13.6. The molecule has 0 aliphatic carbocycles. The summed E-state index contributed by atoms with van der Waals surface area (Å²) in [7, 11) is -3.35. The van der Waals surface area contributed by atoms with Crippen molar-refractivity contribution in [1.29, 1.82) is 0 Å². The molecule has 0 spiro atoms. The van der Waals surface area contributed by atoms with Crippen LogP contribution in [0.2, 0.25) is 0 Å². The molecule has 4 nitrogen and oxygen atoms in total. The third-order valence-electron chi connectivity index (χ3n) is 3.70. The molecule has 6 heteroatoms. The van der Waals surface area contributed by atoms with Crippen molar-refractivity contribution in [2.45, 2.75) is 30.4 Å². The number of hydrogen-bond acceptors (Lipinski definition) is 3. The van der Waals surface area contributed by atoms with Crippen LogP contribution in [0.5, 0.6) is 0 Å². The minimum atomic E-state index is -3.35. The number of carbonyl (C=O) groups excluding carboxylic acids is 1. The van der Waals surface area contributed by atoms with E-state index in [2.05, 4.69) is 5.32 Å². The number of nitrogens with one attached hydrogen (secondary N) is 1. The minimum absolute atomic E-state index is 0.195. The number of halogens is 1. The summed E-state index contributed by atoms with van der Waals surface area (Å²) in [6.07, 6.45) is 0.387. The molecule has 0 atom stereocenters. The largest absolute Gasteiger partial charge is 0.352 e. The van der Waals surface area contributed by atoms with Crippen LogP contribution in [0.3, 0.4) is 0 Å². The zero-order chi connectivity index (χ0) is 17.7. The number of hydrogen-bond donors (Lipinski definition) is 1. The monoisotopic (exact) mass is 349 g/mol. The van der Waals surface area contributed by atoms with Crippen molar-refractivity contribution in [1.82, 2.24) is 5.32 Å². The molecule has 0 saturated carbocycles. The molecule has 24 heavy (non-hydrogen) atoms. The summed E-state index contributed by atoms with van der Waals surface area (Å²) in [4.78, 5) is 12.3. The summed E-state index contributed by atoms with van der Waals surface area (Å²) >= 11 is 0. The topological polar surface area (TPSA) is 63.2 Å². The maximum atomic E-state index is 13.5. The zero-order valence-corrected chi connectivity index (χ0v) is 14.4. The Kier molecular flexibility index (Phi) is 5.72. The average molecular weight is 349 g/mol. The van der Waals surface area contributed by atoms with Gasteiger partial charge in [0.05, 0.1) is 10.1 Å². The van der Waals surface area contributed by atoms with Crippen molar-refractivity contribution in [2.75, 3.05) is 6.54 Å². The molecule has 2 aromatic carbocycles. The lowest BCUT2D eigenvalue weighted by atomic mass is 10.1. The molecule has 0 aromatic heterocycles. The van der Waals surface area contributed by atoms with Crippen molar-refractivity contribution in [3.05, 3.63) is 65.5 Å². The molecule has 0 radical (unpaired) electrons. The third kappa shape index (κ3) is 4.20. The standard InChI is InChI=1S/C18H20FNO3S/c1-13(2)24(22,23)16-9-7-15(8-10-16)18(21)20-12-11-14-5-3-4-6-17(14)19/h3-10,13H,11-12H2,1-2H3,(H,20,21). The molecule has 1 amide bonds. The number of rotatable bonds is 6. The van der Waals surface area contributed by atoms with Gasteiger partial charge >= 0.3 is 0 Å². The van der Waals surface area contributed by atoms with Crippen molar-refractivity contribution >= 4 is 15.7 Å². The Morgan fingerprint density at radius 3 is 2.29 bits per heavy atom. The molecule has 0 aliphatic heterocycles. The van der Waals surface area contributed by atoms with Crippen LogP contribution in [0, 0.1) is 5.82 Å². The number of sulfone groups is 1. The van der Waals surface area contributed by atoms with Crippen LogP contribution in [0.1, 0.15) is 29.8 Å². The van der Waals surface area contributed by atoms with Crippen LogP contribution in [-0.2, 0) is 16.3 Å². The van der Waals surface area contributed by atoms with Gasteiger partial charge in [0.25, 0.3) is 5.91 Å². The Morgan fingerprint density at radius 2 is 1.71 bits per heavy atom. The second kappa shape index (κ2) is 7.57. The number of benzene rings is 2. The fourth-order valence-corrected chi connectivity index (χ4v) is 3.24. The first-order valence-electron chi connectivity index (χ1n) is 7.68. The van der Waals surface area contributed by atoms with Gasteiger partial charge in [0.1, 0.15) is 5.82 Å². The molecule has 128 valence electrons. The Morgan fingerprint density at radius 1 is 1.08 bits per heavy atom. The van der Waals surface area contributed by atoms with E-state index in [9.17, 15) is 17.6 Å². The summed E-state index contributed by atoms with van der Waals surface area (Å²) in [6, 6.07) is 12.2. The van der Waals surface area contributed by atoms with Crippen LogP contribution < -0.4 is 5.32 Å². The summed E-state index contributed by atoms with van der Waals surface area (Å²) in [6.45, 7) is 3.52.